The number of aromatic amines is 1. The monoisotopic (exact) mass is 387 g/mol. The van der Waals surface area contributed by atoms with Gasteiger partial charge in [-0.1, -0.05) is 70.2 Å². The van der Waals surface area contributed by atoms with E-state index in [1.54, 1.807) is 0 Å². The minimum atomic E-state index is -0.244. The zero-order valence-electron chi connectivity index (χ0n) is 12.4. The number of nitrogens with one attached hydrogen (secondary N) is 1. The molecule has 23 heavy (non-hydrogen) atoms. The average molecular weight is 388 g/mol. The van der Waals surface area contributed by atoms with Crippen LogP contribution in [0, 0.1) is 0 Å². The van der Waals surface area contributed by atoms with Gasteiger partial charge in [0.05, 0.1) is 5.25 Å². The third-order valence-electron chi connectivity index (χ3n) is 3.29. The first-order chi connectivity index (χ1) is 11.1. The van der Waals surface area contributed by atoms with Gasteiger partial charge in [0, 0.05) is 15.6 Å². The highest BCUT2D eigenvalue weighted by atomic mass is 79.9. The highest BCUT2D eigenvalue weighted by Crippen LogP contribution is 2.25. The summed E-state index contributed by atoms with van der Waals surface area (Å²) in [5.74, 6) is 0.768. The van der Waals surface area contributed by atoms with Crippen LogP contribution in [0.5, 0.6) is 0 Å². The Morgan fingerprint density at radius 2 is 1.83 bits per heavy atom. The van der Waals surface area contributed by atoms with Gasteiger partial charge in [0.2, 0.25) is 5.16 Å². The summed E-state index contributed by atoms with van der Waals surface area (Å²) < 4.78 is 1.01. The number of carbonyl (C=O) groups is 1. The van der Waals surface area contributed by atoms with Crippen LogP contribution in [0.2, 0.25) is 0 Å². The van der Waals surface area contributed by atoms with Crippen LogP contribution in [-0.4, -0.2) is 26.2 Å². The Kier molecular flexibility index (Phi) is 4.93. The number of hydrogen-bond acceptors (Lipinski definition) is 4. The Labute approximate surface area is 146 Å². The molecule has 3 aromatic rings. The van der Waals surface area contributed by atoms with Crippen LogP contribution < -0.4 is 0 Å². The number of ketones is 1. The fourth-order valence-corrected chi connectivity index (χ4v) is 3.15. The van der Waals surface area contributed by atoms with E-state index < -0.39 is 0 Å². The normalized spacial score (nSPS) is 12.1. The zero-order chi connectivity index (χ0) is 16.2. The minimum absolute atomic E-state index is 0.0746. The molecule has 1 aromatic heterocycles. The summed E-state index contributed by atoms with van der Waals surface area (Å²) in [6.45, 7) is 1.87. The molecular weight excluding hydrogens is 374 g/mol. The summed E-state index contributed by atoms with van der Waals surface area (Å²) in [5.41, 5.74) is 1.66. The average Bonchev–Trinajstić information content (AvgIpc) is 3.04. The highest BCUT2D eigenvalue weighted by Gasteiger charge is 2.18. The maximum atomic E-state index is 12.4. The molecule has 0 aliphatic rings. The van der Waals surface area contributed by atoms with Crippen molar-refractivity contribution in [2.24, 2.45) is 0 Å². The third kappa shape index (κ3) is 3.89. The number of benzene rings is 2. The quantitative estimate of drug-likeness (QED) is 0.513. The van der Waals surface area contributed by atoms with Crippen molar-refractivity contribution in [1.29, 1.82) is 0 Å². The molecule has 0 fully saturated rings. The van der Waals surface area contributed by atoms with E-state index in [1.807, 2.05) is 61.5 Å². The number of carbonyl (C=O) groups excluding carboxylic acids is 1. The SMILES string of the molecule is CC(Sc1n[nH]c(-c2ccc(Br)cc2)n1)C(=O)c1ccccc1. The Hall–Kier alpha value is -1.92. The summed E-state index contributed by atoms with van der Waals surface area (Å²) in [4.78, 5) is 16.8. The molecule has 0 bridgehead atoms. The molecule has 0 spiro atoms. The number of rotatable bonds is 5. The van der Waals surface area contributed by atoms with Crippen molar-refractivity contribution in [3.63, 3.8) is 0 Å². The summed E-state index contributed by atoms with van der Waals surface area (Å²) in [7, 11) is 0. The lowest BCUT2D eigenvalue weighted by atomic mass is 10.1. The van der Waals surface area contributed by atoms with E-state index in [9.17, 15) is 4.79 Å². The second kappa shape index (κ2) is 7.10. The van der Waals surface area contributed by atoms with Crippen molar-refractivity contribution in [3.05, 3.63) is 64.6 Å². The van der Waals surface area contributed by atoms with Gasteiger partial charge in [-0.3, -0.25) is 9.89 Å². The smallest absolute Gasteiger partial charge is 0.209 e. The van der Waals surface area contributed by atoms with E-state index >= 15 is 0 Å². The molecule has 1 atom stereocenters. The van der Waals surface area contributed by atoms with E-state index in [1.165, 1.54) is 11.8 Å². The standard InChI is InChI=1S/C17H14BrN3OS/c1-11(15(22)12-5-3-2-4-6-12)23-17-19-16(20-21-17)13-7-9-14(18)10-8-13/h2-11H,1H3,(H,19,20,21). The van der Waals surface area contributed by atoms with Gasteiger partial charge in [-0.25, -0.2) is 4.98 Å². The van der Waals surface area contributed by atoms with E-state index in [4.69, 9.17) is 0 Å². The third-order valence-corrected chi connectivity index (χ3v) is 4.78. The van der Waals surface area contributed by atoms with Crippen LogP contribution in [0.1, 0.15) is 17.3 Å². The number of thioether (sulfide) groups is 1. The Morgan fingerprint density at radius 3 is 2.52 bits per heavy atom. The molecule has 0 saturated carbocycles. The number of nitrogens with zero attached hydrogens (tertiary/aromatic N) is 2. The molecular formula is C17H14BrN3OS. The molecule has 1 heterocycles. The van der Waals surface area contributed by atoms with Gasteiger partial charge in [-0.05, 0) is 19.1 Å². The van der Waals surface area contributed by atoms with E-state index in [-0.39, 0.29) is 11.0 Å². The molecule has 0 aliphatic carbocycles. The molecule has 6 heteroatoms. The first-order valence-corrected chi connectivity index (χ1v) is 8.75. The minimum Gasteiger partial charge on any atom is -0.293 e. The second-order valence-corrected chi connectivity index (χ2v) is 7.19. The van der Waals surface area contributed by atoms with Crippen molar-refractivity contribution in [3.8, 4) is 11.4 Å². The molecule has 3 rings (SSSR count). The lowest BCUT2D eigenvalue weighted by Gasteiger charge is -2.07. The molecule has 1 unspecified atom stereocenters. The predicted molar refractivity (Wildman–Crippen MR) is 95.6 cm³/mol. The number of Topliss-reactive ketones (excluding diaryl/α,β-unsaturated/α-hetero) is 1. The van der Waals surface area contributed by atoms with Gasteiger partial charge < -0.3 is 0 Å². The Balaban J connectivity index is 1.71. The van der Waals surface area contributed by atoms with Crippen LogP contribution in [-0.2, 0) is 0 Å². The molecule has 2 aromatic carbocycles. The number of halogens is 1. The second-order valence-electron chi connectivity index (χ2n) is 4.96. The molecule has 0 saturated heterocycles. The molecule has 4 nitrogen and oxygen atoms in total. The predicted octanol–water partition coefficient (Wildman–Crippen LogP) is 4.60. The van der Waals surface area contributed by atoms with Crippen molar-refractivity contribution < 1.29 is 4.79 Å². The van der Waals surface area contributed by atoms with Crippen LogP contribution >= 0.6 is 27.7 Å². The number of hydrogen-bond donors (Lipinski definition) is 1. The topological polar surface area (TPSA) is 58.6 Å². The lowest BCUT2D eigenvalue weighted by Crippen LogP contribution is -2.13. The Morgan fingerprint density at radius 1 is 1.13 bits per heavy atom. The molecule has 116 valence electrons. The van der Waals surface area contributed by atoms with Crippen molar-refractivity contribution >= 4 is 33.5 Å². The number of H-pyrrole nitrogens is 1. The fraction of sp³-hybridized carbons (Fsp3) is 0.118. The Bertz CT molecular complexity index is 802. The van der Waals surface area contributed by atoms with Gasteiger partial charge in [0.1, 0.15) is 0 Å². The van der Waals surface area contributed by atoms with Gasteiger partial charge in [0.15, 0.2) is 11.6 Å². The van der Waals surface area contributed by atoms with E-state index in [2.05, 4.69) is 31.1 Å². The van der Waals surface area contributed by atoms with E-state index in [0.29, 0.717) is 16.5 Å². The van der Waals surface area contributed by atoms with Gasteiger partial charge in [-0.2, -0.15) is 0 Å². The molecule has 0 amide bonds. The van der Waals surface area contributed by atoms with Crippen LogP contribution in [0.15, 0.2) is 64.2 Å². The summed E-state index contributed by atoms with van der Waals surface area (Å²) in [5, 5.41) is 7.44. The molecule has 0 radical (unpaired) electrons. The summed E-state index contributed by atoms with van der Waals surface area (Å²) in [6.07, 6.45) is 0. The van der Waals surface area contributed by atoms with Gasteiger partial charge in [0.25, 0.3) is 0 Å². The molecule has 0 aliphatic heterocycles. The van der Waals surface area contributed by atoms with Crippen molar-refractivity contribution in [1.82, 2.24) is 15.2 Å². The zero-order valence-corrected chi connectivity index (χ0v) is 14.8. The largest absolute Gasteiger partial charge is 0.293 e. The van der Waals surface area contributed by atoms with Gasteiger partial charge >= 0.3 is 0 Å². The first-order valence-electron chi connectivity index (χ1n) is 7.08. The summed E-state index contributed by atoms with van der Waals surface area (Å²) >= 11 is 4.76. The van der Waals surface area contributed by atoms with Crippen molar-refractivity contribution in [2.75, 3.05) is 0 Å². The maximum Gasteiger partial charge on any atom is 0.209 e. The van der Waals surface area contributed by atoms with Crippen LogP contribution in [0.25, 0.3) is 11.4 Å². The van der Waals surface area contributed by atoms with Crippen molar-refractivity contribution in [2.45, 2.75) is 17.3 Å². The van der Waals surface area contributed by atoms with E-state index in [0.717, 1.165) is 10.0 Å². The summed E-state index contributed by atoms with van der Waals surface area (Å²) in [6, 6.07) is 17.1. The van der Waals surface area contributed by atoms with Crippen LogP contribution in [0.4, 0.5) is 0 Å². The van der Waals surface area contributed by atoms with Crippen LogP contribution in [0.3, 0.4) is 0 Å². The maximum absolute atomic E-state index is 12.4. The lowest BCUT2D eigenvalue weighted by molar-refractivity contribution is 0.0994. The fourth-order valence-electron chi connectivity index (χ4n) is 2.08. The highest BCUT2D eigenvalue weighted by molar-refractivity contribution is 9.10. The van der Waals surface area contributed by atoms with Gasteiger partial charge in [-0.15, -0.1) is 5.10 Å². The molecule has 1 N–H and O–H groups in total. The first kappa shape index (κ1) is 16.0. The number of aromatic nitrogens is 3.